The Morgan fingerprint density at radius 1 is 0.622 bits per heavy atom. The second-order valence-corrected chi connectivity index (χ2v) is 11.7. The van der Waals surface area contributed by atoms with Crippen molar-refractivity contribution in [2.24, 2.45) is 0 Å². The molecule has 0 bridgehead atoms. The molecule has 5 rings (SSSR count). The molecule has 188 valence electrons. The van der Waals surface area contributed by atoms with Crippen LogP contribution >= 0.6 is 0 Å². The minimum Gasteiger partial charge on any atom is -0.504 e. The maximum Gasteiger partial charge on any atom is 0.254 e. The van der Waals surface area contributed by atoms with E-state index in [-0.39, 0.29) is 16.6 Å². The van der Waals surface area contributed by atoms with Gasteiger partial charge < -0.3 is 5.11 Å². The predicted molar refractivity (Wildman–Crippen MR) is 147 cm³/mol. The van der Waals surface area contributed by atoms with Gasteiger partial charge in [-0.05, 0) is 58.4 Å². The molecule has 0 radical (unpaired) electrons. The lowest BCUT2D eigenvalue weighted by Gasteiger charge is -2.25. The summed E-state index contributed by atoms with van der Waals surface area (Å²) < 4.78 is 8.31. The Kier molecular flexibility index (Phi) is 6.03. The zero-order valence-electron chi connectivity index (χ0n) is 22.6. The summed E-state index contributed by atoms with van der Waals surface area (Å²) in [7, 11) is 0. The van der Waals surface area contributed by atoms with E-state index in [4.69, 9.17) is 0 Å². The highest BCUT2D eigenvalue weighted by Crippen LogP contribution is 2.31. The van der Waals surface area contributed by atoms with E-state index in [1.54, 1.807) is 6.07 Å². The van der Waals surface area contributed by atoms with E-state index in [1.807, 2.05) is 41.5 Å². The van der Waals surface area contributed by atoms with Crippen molar-refractivity contribution in [3.05, 3.63) is 115 Å². The Bertz CT molecular complexity index is 1530. The van der Waals surface area contributed by atoms with Gasteiger partial charge in [0.1, 0.15) is 41.8 Å². The van der Waals surface area contributed by atoms with Crippen LogP contribution in [0.3, 0.4) is 0 Å². The number of rotatable bonds is 4. The van der Waals surface area contributed by atoms with Crippen LogP contribution in [-0.2, 0) is 10.8 Å². The molecule has 0 atom stereocenters. The summed E-state index contributed by atoms with van der Waals surface area (Å²) in [6.07, 6.45) is 12.2. The van der Waals surface area contributed by atoms with Crippen LogP contribution in [0.15, 0.2) is 104 Å². The third-order valence-corrected chi connectivity index (χ3v) is 6.81. The largest absolute Gasteiger partial charge is 0.504 e. The lowest BCUT2D eigenvalue weighted by Crippen LogP contribution is -2.28. The van der Waals surface area contributed by atoms with Gasteiger partial charge in [0.25, 0.3) is 12.7 Å². The van der Waals surface area contributed by atoms with Gasteiger partial charge in [-0.15, -0.1) is 0 Å². The van der Waals surface area contributed by atoms with Crippen molar-refractivity contribution in [3.63, 3.8) is 0 Å². The van der Waals surface area contributed by atoms with Crippen LogP contribution in [0.2, 0.25) is 0 Å². The molecule has 0 aliphatic rings. The molecule has 3 aromatic carbocycles. The molecule has 5 aromatic rings. The third kappa shape index (κ3) is 5.08. The fraction of sp³-hybridized carbons (Fsp3) is 0.250. The summed E-state index contributed by atoms with van der Waals surface area (Å²) in [5.41, 5.74) is 6.83. The SMILES string of the molecule is CC(C)(C)c1cc(-n2cc[n+](-c3cccc(-n4cc[n+](-c5ccccc5O)c4)c3)c2)cc(C(C)(C)C)c1. The molecular formula is C32H36N4O+2. The number of hydrogen-bond acceptors (Lipinski definition) is 1. The van der Waals surface area contributed by atoms with Gasteiger partial charge in [0.15, 0.2) is 11.4 Å². The second-order valence-electron chi connectivity index (χ2n) is 11.7. The molecule has 2 aromatic heterocycles. The molecule has 0 saturated heterocycles. The summed E-state index contributed by atoms with van der Waals surface area (Å²) in [5.74, 6) is 0.251. The Hall–Kier alpha value is -4.12. The van der Waals surface area contributed by atoms with Gasteiger partial charge in [-0.2, -0.15) is 4.57 Å². The normalized spacial score (nSPS) is 12.2. The summed E-state index contributed by atoms with van der Waals surface area (Å²) in [5, 5.41) is 10.2. The van der Waals surface area contributed by atoms with Crippen molar-refractivity contribution in [2.75, 3.05) is 0 Å². The first-order valence-corrected chi connectivity index (χ1v) is 12.7. The quantitative estimate of drug-likeness (QED) is 0.302. The van der Waals surface area contributed by atoms with E-state index in [0.717, 1.165) is 17.1 Å². The molecule has 37 heavy (non-hydrogen) atoms. The Morgan fingerprint density at radius 2 is 1.22 bits per heavy atom. The average Bonchev–Trinajstić information content (AvgIpc) is 3.54. The summed E-state index contributed by atoms with van der Waals surface area (Å²) >= 11 is 0. The van der Waals surface area contributed by atoms with Gasteiger partial charge in [0.2, 0.25) is 0 Å². The summed E-state index contributed by atoms with van der Waals surface area (Å²) in [6.45, 7) is 13.6. The highest BCUT2D eigenvalue weighted by Gasteiger charge is 2.23. The van der Waals surface area contributed by atoms with E-state index in [2.05, 4.69) is 116 Å². The Morgan fingerprint density at radius 3 is 1.86 bits per heavy atom. The topological polar surface area (TPSA) is 37.8 Å². The first-order valence-electron chi connectivity index (χ1n) is 12.7. The number of aromatic nitrogens is 4. The number of benzene rings is 3. The van der Waals surface area contributed by atoms with Crippen molar-refractivity contribution >= 4 is 0 Å². The van der Waals surface area contributed by atoms with E-state index in [1.165, 1.54) is 16.8 Å². The maximum absolute atomic E-state index is 10.2. The fourth-order valence-electron chi connectivity index (χ4n) is 4.43. The number of para-hydroxylation sites is 2. The Balaban J connectivity index is 1.48. The molecule has 0 unspecified atom stereocenters. The lowest BCUT2D eigenvalue weighted by molar-refractivity contribution is -0.595. The number of aromatic hydroxyl groups is 1. The van der Waals surface area contributed by atoms with Gasteiger partial charge in [0.05, 0.1) is 0 Å². The van der Waals surface area contributed by atoms with Crippen molar-refractivity contribution in [2.45, 2.75) is 52.4 Å². The van der Waals surface area contributed by atoms with Crippen LogP contribution in [0.4, 0.5) is 0 Å². The summed E-state index contributed by atoms with van der Waals surface area (Å²) in [6, 6.07) is 22.7. The van der Waals surface area contributed by atoms with Crippen LogP contribution in [-0.4, -0.2) is 14.2 Å². The predicted octanol–water partition coefficient (Wildman–Crippen LogP) is 6.12. The van der Waals surface area contributed by atoms with Crippen LogP contribution in [0.5, 0.6) is 5.75 Å². The standard InChI is InChI=1S/C32H35N4O/c1-31(2,3)24-18-25(32(4,5)6)20-28(19-24)35-15-14-33(22-35)26-10-9-11-27(21-26)34-16-17-36(23-34)29-12-7-8-13-30(29)37/h7-23H,1-6H3/q+1/p+1. The third-order valence-electron chi connectivity index (χ3n) is 6.81. The summed E-state index contributed by atoms with van der Waals surface area (Å²) in [4.78, 5) is 0. The second kappa shape index (κ2) is 9.07. The van der Waals surface area contributed by atoms with Crippen LogP contribution < -0.4 is 9.13 Å². The number of nitrogens with zero attached hydrogens (tertiary/aromatic N) is 4. The van der Waals surface area contributed by atoms with Gasteiger partial charge >= 0.3 is 0 Å². The van der Waals surface area contributed by atoms with Crippen molar-refractivity contribution in [1.82, 2.24) is 9.13 Å². The number of phenolic OH excluding ortho intramolecular Hbond substituents is 1. The molecule has 0 aliphatic carbocycles. The highest BCUT2D eigenvalue weighted by molar-refractivity contribution is 5.45. The minimum absolute atomic E-state index is 0.0671. The zero-order valence-corrected chi connectivity index (χ0v) is 22.6. The van der Waals surface area contributed by atoms with E-state index in [0.29, 0.717) is 0 Å². The van der Waals surface area contributed by atoms with E-state index < -0.39 is 0 Å². The molecule has 0 fully saturated rings. The monoisotopic (exact) mass is 492 g/mol. The van der Waals surface area contributed by atoms with Gasteiger partial charge in [-0.1, -0.05) is 65.8 Å². The smallest absolute Gasteiger partial charge is 0.254 e. The fourth-order valence-corrected chi connectivity index (χ4v) is 4.43. The average molecular weight is 493 g/mol. The molecule has 0 spiro atoms. The maximum atomic E-state index is 10.2. The minimum atomic E-state index is 0.0671. The van der Waals surface area contributed by atoms with E-state index in [9.17, 15) is 5.11 Å². The van der Waals surface area contributed by atoms with Crippen LogP contribution in [0.25, 0.3) is 22.7 Å². The highest BCUT2D eigenvalue weighted by atomic mass is 16.3. The van der Waals surface area contributed by atoms with Gasteiger partial charge in [-0.3, -0.25) is 0 Å². The van der Waals surface area contributed by atoms with Gasteiger partial charge in [-0.25, -0.2) is 13.7 Å². The molecule has 5 heteroatoms. The van der Waals surface area contributed by atoms with Crippen molar-refractivity contribution in [1.29, 1.82) is 0 Å². The lowest BCUT2D eigenvalue weighted by atomic mass is 9.80. The molecule has 5 nitrogen and oxygen atoms in total. The van der Waals surface area contributed by atoms with Crippen LogP contribution in [0.1, 0.15) is 52.7 Å². The van der Waals surface area contributed by atoms with E-state index >= 15 is 0 Å². The van der Waals surface area contributed by atoms with Crippen molar-refractivity contribution in [3.8, 4) is 28.5 Å². The molecular weight excluding hydrogens is 456 g/mol. The number of hydrogen-bond donors (Lipinski definition) is 1. The number of imidazole rings is 2. The van der Waals surface area contributed by atoms with Crippen molar-refractivity contribution < 1.29 is 14.2 Å². The first kappa shape index (κ1) is 24.6. The van der Waals surface area contributed by atoms with Gasteiger partial charge in [0, 0.05) is 6.07 Å². The molecule has 2 heterocycles. The molecule has 1 N–H and O–H groups in total. The molecule has 0 amide bonds. The first-order chi connectivity index (χ1) is 17.5. The number of phenols is 1. The molecule has 0 saturated carbocycles. The zero-order chi connectivity index (χ0) is 26.4. The van der Waals surface area contributed by atoms with Crippen LogP contribution in [0, 0.1) is 0 Å². The Labute approximate surface area is 219 Å². The molecule has 0 aliphatic heterocycles.